The summed E-state index contributed by atoms with van der Waals surface area (Å²) >= 11 is 0.872. The number of methoxy groups -OCH3 is 1. The first-order valence-electron chi connectivity index (χ1n) is 9.55. The van der Waals surface area contributed by atoms with Crippen LogP contribution in [0.1, 0.15) is 18.1 Å². The zero-order valence-corrected chi connectivity index (χ0v) is 17.8. The molecule has 3 amide bonds. The van der Waals surface area contributed by atoms with Gasteiger partial charge in [0.1, 0.15) is 6.54 Å². The number of nitrogens with zero attached hydrogens (tertiary/aromatic N) is 2. The van der Waals surface area contributed by atoms with Gasteiger partial charge in [-0.2, -0.15) is 0 Å². The van der Waals surface area contributed by atoms with Gasteiger partial charge in [-0.05, 0) is 29.8 Å². The minimum absolute atomic E-state index is 0.0502. The molecule has 0 unspecified atom stereocenters. The number of carbonyl (C=O) groups excluding carboxylic acids is 3. The van der Waals surface area contributed by atoms with E-state index in [2.05, 4.69) is 18.2 Å². The number of nitrogens with one attached hydrogen (secondary N) is 1. The van der Waals surface area contributed by atoms with Crippen molar-refractivity contribution in [2.24, 2.45) is 0 Å². The molecule has 156 valence electrons. The van der Waals surface area contributed by atoms with Crippen molar-refractivity contribution in [2.75, 3.05) is 26.8 Å². The average molecular weight is 426 g/mol. The zero-order valence-electron chi connectivity index (χ0n) is 16.9. The number of aromatic nitrogens is 1. The van der Waals surface area contributed by atoms with E-state index in [0.29, 0.717) is 18.1 Å². The fourth-order valence-corrected chi connectivity index (χ4v) is 4.19. The Morgan fingerprint density at radius 3 is 2.87 bits per heavy atom. The van der Waals surface area contributed by atoms with Gasteiger partial charge in [0.2, 0.25) is 5.91 Å². The summed E-state index contributed by atoms with van der Waals surface area (Å²) in [5, 5.41) is 3.36. The molecule has 2 aromatic rings. The number of para-hydroxylation sites is 1. The van der Waals surface area contributed by atoms with Crippen molar-refractivity contribution in [2.45, 2.75) is 19.9 Å². The predicted molar refractivity (Wildman–Crippen MR) is 118 cm³/mol. The lowest BCUT2D eigenvalue weighted by Gasteiger charge is -2.09. The molecule has 1 aromatic carbocycles. The van der Waals surface area contributed by atoms with Gasteiger partial charge in [0.05, 0.1) is 23.6 Å². The van der Waals surface area contributed by atoms with Crippen molar-refractivity contribution < 1.29 is 19.1 Å². The van der Waals surface area contributed by atoms with E-state index in [1.54, 1.807) is 13.2 Å². The average Bonchev–Trinajstić information content (AvgIpc) is 3.20. The lowest BCUT2D eigenvalue weighted by molar-refractivity contribution is -0.122. The normalized spacial score (nSPS) is 15.2. The molecule has 8 heteroatoms. The molecule has 1 aliphatic heterocycles. The van der Waals surface area contributed by atoms with Crippen LogP contribution in [-0.2, 0) is 27.3 Å². The first kappa shape index (κ1) is 21.7. The van der Waals surface area contributed by atoms with Gasteiger partial charge in [-0.15, -0.1) is 6.42 Å². The second kappa shape index (κ2) is 9.65. The van der Waals surface area contributed by atoms with Crippen LogP contribution in [0.4, 0.5) is 4.79 Å². The molecule has 30 heavy (non-hydrogen) atoms. The summed E-state index contributed by atoms with van der Waals surface area (Å²) in [6, 6.07) is 5.92. The maximum absolute atomic E-state index is 12.5. The Labute approximate surface area is 179 Å². The quantitative estimate of drug-likeness (QED) is 0.400. The lowest BCUT2D eigenvalue weighted by Crippen LogP contribution is -2.30. The standard InChI is InChI=1S/C22H23N3O4S/c1-4-10-25-21(27)18(30-22(25)28)12-16-13-24(14-19(26)23-9-11-29-3)20-15(5-2)7-6-8-17(16)20/h1,6-8,12-13H,5,9-11,14H2,2-3H3,(H,23,26)/b18-12-. The Bertz CT molecular complexity index is 1060. The second-order valence-corrected chi connectivity index (χ2v) is 7.69. The molecular weight excluding hydrogens is 402 g/mol. The number of carbonyl (C=O) groups is 3. The van der Waals surface area contributed by atoms with E-state index >= 15 is 0 Å². The van der Waals surface area contributed by atoms with Gasteiger partial charge in [-0.25, -0.2) is 0 Å². The van der Waals surface area contributed by atoms with Gasteiger partial charge >= 0.3 is 0 Å². The highest BCUT2D eigenvalue weighted by molar-refractivity contribution is 8.18. The monoisotopic (exact) mass is 425 g/mol. The highest BCUT2D eigenvalue weighted by Crippen LogP contribution is 2.34. The van der Waals surface area contributed by atoms with Crippen molar-refractivity contribution in [1.82, 2.24) is 14.8 Å². The van der Waals surface area contributed by atoms with Crippen LogP contribution < -0.4 is 5.32 Å². The topological polar surface area (TPSA) is 80.6 Å². The number of thioether (sulfide) groups is 1. The summed E-state index contributed by atoms with van der Waals surface area (Å²) in [6.45, 7) is 3.02. The Kier molecular flexibility index (Phi) is 6.98. The van der Waals surface area contributed by atoms with Crippen LogP contribution in [0.2, 0.25) is 0 Å². The molecule has 1 N–H and O–H groups in total. The fraction of sp³-hybridized carbons (Fsp3) is 0.318. The number of aryl methyl sites for hydroxylation is 1. The number of imide groups is 1. The summed E-state index contributed by atoms with van der Waals surface area (Å²) in [6.07, 6.45) is 9.59. The van der Waals surface area contributed by atoms with Crippen LogP contribution >= 0.6 is 11.8 Å². The van der Waals surface area contributed by atoms with Gasteiger partial charge < -0.3 is 14.6 Å². The number of ether oxygens (including phenoxy) is 1. The molecule has 3 rings (SSSR count). The van der Waals surface area contributed by atoms with E-state index in [4.69, 9.17) is 11.2 Å². The van der Waals surface area contributed by atoms with Gasteiger partial charge in [-0.3, -0.25) is 19.3 Å². The van der Waals surface area contributed by atoms with Gasteiger partial charge in [0, 0.05) is 30.8 Å². The van der Waals surface area contributed by atoms with Crippen molar-refractivity contribution in [3.8, 4) is 12.3 Å². The number of rotatable bonds is 8. The number of terminal acetylenes is 1. The highest BCUT2D eigenvalue weighted by atomic mass is 32.2. The largest absolute Gasteiger partial charge is 0.383 e. The second-order valence-electron chi connectivity index (χ2n) is 6.69. The Morgan fingerprint density at radius 1 is 1.37 bits per heavy atom. The molecule has 1 fully saturated rings. The van der Waals surface area contributed by atoms with E-state index in [-0.39, 0.29) is 24.2 Å². The summed E-state index contributed by atoms with van der Waals surface area (Å²) in [4.78, 5) is 38.4. The third-order valence-electron chi connectivity index (χ3n) is 4.75. The van der Waals surface area contributed by atoms with Crippen molar-refractivity contribution >= 4 is 45.8 Å². The molecule has 0 saturated carbocycles. The number of fused-ring (bicyclic) bond motifs is 1. The maximum Gasteiger partial charge on any atom is 0.294 e. The summed E-state index contributed by atoms with van der Waals surface area (Å²) in [5.41, 5.74) is 2.81. The molecule has 1 aliphatic rings. The third kappa shape index (κ3) is 4.42. The van der Waals surface area contributed by atoms with Gasteiger partial charge in [-0.1, -0.05) is 31.0 Å². The molecule has 0 bridgehead atoms. The first-order chi connectivity index (χ1) is 14.5. The van der Waals surface area contributed by atoms with E-state index in [9.17, 15) is 14.4 Å². The Hall–Kier alpha value is -3.02. The summed E-state index contributed by atoms with van der Waals surface area (Å²) < 4.78 is 6.85. The minimum Gasteiger partial charge on any atom is -0.383 e. The molecule has 0 spiro atoms. The van der Waals surface area contributed by atoms with Gasteiger partial charge in [0.25, 0.3) is 11.1 Å². The maximum atomic E-state index is 12.5. The molecule has 1 aromatic heterocycles. The number of amides is 3. The Morgan fingerprint density at radius 2 is 2.17 bits per heavy atom. The molecule has 0 atom stereocenters. The number of hydrogen-bond donors (Lipinski definition) is 1. The van der Waals surface area contributed by atoms with Crippen molar-refractivity contribution in [3.63, 3.8) is 0 Å². The molecule has 0 aliphatic carbocycles. The van der Waals surface area contributed by atoms with Crippen LogP contribution in [0.3, 0.4) is 0 Å². The summed E-state index contributed by atoms with van der Waals surface area (Å²) in [5.74, 6) is 1.81. The smallest absolute Gasteiger partial charge is 0.294 e. The van der Waals surface area contributed by atoms with Crippen LogP contribution in [0.5, 0.6) is 0 Å². The molecule has 2 heterocycles. The molecule has 1 saturated heterocycles. The van der Waals surface area contributed by atoms with E-state index in [1.807, 2.05) is 29.0 Å². The SMILES string of the molecule is C#CCN1C(=O)S/C(=C\c2cn(CC(=O)NCCOC)c3c(CC)cccc23)C1=O. The van der Waals surface area contributed by atoms with E-state index in [1.165, 1.54) is 0 Å². The molecule has 0 radical (unpaired) electrons. The first-order valence-corrected chi connectivity index (χ1v) is 10.4. The lowest BCUT2D eigenvalue weighted by atomic mass is 10.1. The van der Waals surface area contributed by atoms with Crippen molar-refractivity contribution in [3.05, 3.63) is 40.4 Å². The van der Waals surface area contributed by atoms with E-state index < -0.39 is 5.91 Å². The van der Waals surface area contributed by atoms with Crippen LogP contribution in [0.25, 0.3) is 17.0 Å². The van der Waals surface area contributed by atoms with Crippen LogP contribution in [0, 0.1) is 12.3 Å². The number of hydrogen-bond acceptors (Lipinski definition) is 5. The van der Waals surface area contributed by atoms with Gasteiger partial charge in [0.15, 0.2) is 0 Å². The minimum atomic E-state index is -0.396. The van der Waals surface area contributed by atoms with Crippen LogP contribution in [-0.4, -0.2) is 53.3 Å². The highest BCUT2D eigenvalue weighted by Gasteiger charge is 2.34. The molecule has 7 nitrogen and oxygen atoms in total. The Balaban J connectivity index is 1.98. The third-order valence-corrected chi connectivity index (χ3v) is 5.65. The predicted octanol–water partition coefficient (Wildman–Crippen LogP) is 2.64. The van der Waals surface area contributed by atoms with Crippen LogP contribution in [0.15, 0.2) is 29.3 Å². The number of benzene rings is 1. The summed E-state index contributed by atoms with van der Waals surface area (Å²) in [7, 11) is 1.58. The molecular formula is C22H23N3O4S. The zero-order chi connectivity index (χ0) is 21.7. The van der Waals surface area contributed by atoms with Crippen molar-refractivity contribution in [1.29, 1.82) is 0 Å². The fourth-order valence-electron chi connectivity index (χ4n) is 3.36. The van der Waals surface area contributed by atoms with E-state index in [0.717, 1.165) is 45.1 Å².